The van der Waals surface area contributed by atoms with Crippen LogP contribution < -0.4 is 5.32 Å². The second-order valence-electron chi connectivity index (χ2n) is 6.05. The van der Waals surface area contributed by atoms with Crippen LogP contribution in [0.2, 0.25) is 0 Å². The summed E-state index contributed by atoms with van der Waals surface area (Å²) in [7, 11) is 0. The summed E-state index contributed by atoms with van der Waals surface area (Å²) in [6.07, 6.45) is 2.01. The summed E-state index contributed by atoms with van der Waals surface area (Å²) in [6.45, 7) is 4.60. The number of hydrogen-bond donors (Lipinski definition) is 1. The molecule has 2 heterocycles. The van der Waals surface area contributed by atoms with Crippen LogP contribution in [0.4, 0.5) is 0 Å². The molecule has 0 saturated carbocycles. The Morgan fingerprint density at radius 1 is 1.20 bits per heavy atom. The molecule has 1 amide bonds. The monoisotopic (exact) mass is 354 g/mol. The van der Waals surface area contributed by atoms with E-state index in [4.69, 9.17) is 0 Å². The van der Waals surface area contributed by atoms with Gasteiger partial charge < -0.3 is 5.32 Å². The molecule has 0 aliphatic rings. The van der Waals surface area contributed by atoms with Crippen LogP contribution in [-0.2, 0) is 17.6 Å². The molecule has 0 bridgehead atoms. The molecule has 5 nitrogen and oxygen atoms in total. The summed E-state index contributed by atoms with van der Waals surface area (Å²) >= 11 is 1.57. The lowest BCUT2D eigenvalue weighted by molar-refractivity contribution is -0.121. The van der Waals surface area contributed by atoms with E-state index in [0.29, 0.717) is 13.0 Å². The first-order chi connectivity index (χ1) is 12.1. The molecule has 3 aromatic rings. The first-order valence-corrected chi connectivity index (χ1v) is 9.28. The summed E-state index contributed by atoms with van der Waals surface area (Å²) in [4.78, 5) is 16.6. The average Bonchev–Trinajstić information content (AvgIpc) is 3.20. The summed E-state index contributed by atoms with van der Waals surface area (Å²) in [5, 5.41) is 10.3. The van der Waals surface area contributed by atoms with Gasteiger partial charge in [0.2, 0.25) is 11.0 Å². The highest BCUT2D eigenvalue weighted by Gasteiger charge is 2.09. The highest BCUT2D eigenvalue weighted by Crippen LogP contribution is 2.17. The van der Waals surface area contributed by atoms with Crippen molar-refractivity contribution in [3.05, 3.63) is 64.4 Å². The molecule has 25 heavy (non-hydrogen) atoms. The number of aryl methyl sites for hydroxylation is 3. The van der Waals surface area contributed by atoms with Crippen LogP contribution in [-0.4, -0.2) is 27.2 Å². The van der Waals surface area contributed by atoms with Crippen molar-refractivity contribution in [1.82, 2.24) is 20.1 Å². The average molecular weight is 354 g/mol. The summed E-state index contributed by atoms with van der Waals surface area (Å²) in [5.41, 5.74) is 4.23. The quantitative estimate of drug-likeness (QED) is 0.708. The first-order valence-electron chi connectivity index (χ1n) is 8.40. The molecule has 0 unspecified atom stereocenters. The van der Waals surface area contributed by atoms with Gasteiger partial charge in [-0.1, -0.05) is 30.3 Å². The molecule has 0 aliphatic heterocycles. The fourth-order valence-electron chi connectivity index (χ4n) is 2.65. The lowest BCUT2D eigenvalue weighted by Crippen LogP contribution is -2.25. The van der Waals surface area contributed by atoms with Gasteiger partial charge in [0.1, 0.15) is 0 Å². The maximum Gasteiger partial charge on any atom is 0.220 e. The van der Waals surface area contributed by atoms with E-state index >= 15 is 0 Å². The van der Waals surface area contributed by atoms with Crippen LogP contribution >= 0.6 is 11.3 Å². The predicted octanol–water partition coefficient (Wildman–Crippen LogP) is 3.24. The van der Waals surface area contributed by atoms with Crippen molar-refractivity contribution in [3.63, 3.8) is 0 Å². The van der Waals surface area contributed by atoms with Gasteiger partial charge in [0, 0.05) is 30.5 Å². The largest absolute Gasteiger partial charge is 0.356 e. The number of hydrogen-bond acceptors (Lipinski definition) is 4. The number of thiazole rings is 1. The van der Waals surface area contributed by atoms with Crippen LogP contribution in [0.5, 0.6) is 0 Å². The standard InChI is InChI=1S/C19H22N4OS/c1-14-12-15(2)23(22-14)19-21-17(13-25-19)10-11-20-18(24)9-8-16-6-4-3-5-7-16/h3-7,12-13H,8-11H2,1-2H3,(H,20,24). The molecule has 6 heteroatoms. The number of nitrogens with zero attached hydrogens (tertiary/aromatic N) is 3. The molecule has 130 valence electrons. The maximum atomic E-state index is 11.9. The lowest BCUT2D eigenvalue weighted by Gasteiger charge is -2.04. The Morgan fingerprint density at radius 3 is 2.72 bits per heavy atom. The molecule has 1 aromatic carbocycles. The van der Waals surface area contributed by atoms with Crippen molar-refractivity contribution in [2.24, 2.45) is 0 Å². The van der Waals surface area contributed by atoms with E-state index < -0.39 is 0 Å². The van der Waals surface area contributed by atoms with E-state index in [-0.39, 0.29) is 5.91 Å². The Morgan fingerprint density at radius 2 is 2.00 bits per heavy atom. The van der Waals surface area contributed by atoms with Crippen molar-refractivity contribution in [1.29, 1.82) is 0 Å². The van der Waals surface area contributed by atoms with Gasteiger partial charge in [-0.25, -0.2) is 9.67 Å². The normalized spacial score (nSPS) is 10.8. The number of carbonyl (C=O) groups excluding carboxylic acids is 1. The van der Waals surface area contributed by atoms with Crippen LogP contribution in [0.15, 0.2) is 41.8 Å². The Kier molecular flexibility index (Phi) is 5.60. The minimum atomic E-state index is 0.0813. The molecule has 0 spiro atoms. The van der Waals surface area contributed by atoms with Crippen molar-refractivity contribution in [2.75, 3.05) is 6.54 Å². The third kappa shape index (κ3) is 4.76. The minimum absolute atomic E-state index is 0.0813. The van der Waals surface area contributed by atoms with Gasteiger partial charge in [-0.2, -0.15) is 5.10 Å². The summed E-state index contributed by atoms with van der Waals surface area (Å²) < 4.78 is 1.86. The van der Waals surface area contributed by atoms with E-state index in [2.05, 4.69) is 15.4 Å². The molecular weight excluding hydrogens is 332 g/mol. The Bertz CT molecular complexity index is 838. The van der Waals surface area contributed by atoms with E-state index in [0.717, 1.165) is 35.1 Å². The fraction of sp³-hybridized carbons (Fsp3) is 0.316. The highest BCUT2D eigenvalue weighted by atomic mass is 32.1. The number of nitrogens with one attached hydrogen (secondary N) is 1. The van der Waals surface area contributed by atoms with Crippen LogP contribution in [0.25, 0.3) is 5.13 Å². The Labute approximate surface area is 151 Å². The molecular formula is C19H22N4OS. The second-order valence-corrected chi connectivity index (χ2v) is 6.88. The Balaban J connectivity index is 1.45. The predicted molar refractivity (Wildman–Crippen MR) is 100 cm³/mol. The van der Waals surface area contributed by atoms with Crippen molar-refractivity contribution in [2.45, 2.75) is 33.1 Å². The minimum Gasteiger partial charge on any atom is -0.356 e. The highest BCUT2D eigenvalue weighted by molar-refractivity contribution is 7.12. The van der Waals surface area contributed by atoms with Gasteiger partial charge in [0.25, 0.3) is 0 Å². The zero-order valence-corrected chi connectivity index (χ0v) is 15.3. The molecule has 0 atom stereocenters. The number of aromatic nitrogens is 3. The number of rotatable bonds is 7. The maximum absolute atomic E-state index is 11.9. The van der Waals surface area contributed by atoms with Crippen LogP contribution in [0.1, 0.15) is 29.1 Å². The van der Waals surface area contributed by atoms with Crippen LogP contribution in [0.3, 0.4) is 0 Å². The number of amides is 1. The summed E-state index contributed by atoms with van der Waals surface area (Å²) in [6, 6.07) is 12.1. The van der Waals surface area contributed by atoms with Gasteiger partial charge in [0.05, 0.1) is 11.4 Å². The fourth-order valence-corrected chi connectivity index (χ4v) is 3.52. The second kappa shape index (κ2) is 8.07. The zero-order chi connectivity index (χ0) is 17.6. The SMILES string of the molecule is Cc1cc(C)n(-c2nc(CCNC(=O)CCc3ccccc3)cs2)n1. The number of benzene rings is 1. The van der Waals surface area contributed by atoms with E-state index in [9.17, 15) is 4.79 Å². The van der Waals surface area contributed by atoms with E-state index in [1.807, 2.05) is 60.3 Å². The van der Waals surface area contributed by atoms with E-state index in [1.165, 1.54) is 5.56 Å². The van der Waals surface area contributed by atoms with E-state index in [1.54, 1.807) is 11.3 Å². The summed E-state index contributed by atoms with van der Waals surface area (Å²) in [5.74, 6) is 0.0813. The topological polar surface area (TPSA) is 59.8 Å². The van der Waals surface area contributed by atoms with Gasteiger partial charge in [0.15, 0.2) is 0 Å². The first kappa shape index (κ1) is 17.4. The third-order valence-electron chi connectivity index (χ3n) is 3.92. The molecule has 1 N–H and O–H groups in total. The lowest BCUT2D eigenvalue weighted by atomic mass is 10.1. The molecule has 0 fully saturated rings. The van der Waals surface area contributed by atoms with Crippen molar-refractivity contribution >= 4 is 17.2 Å². The van der Waals surface area contributed by atoms with Gasteiger partial charge in [-0.05, 0) is 31.9 Å². The van der Waals surface area contributed by atoms with Crippen LogP contribution in [0, 0.1) is 13.8 Å². The number of carbonyl (C=O) groups is 1. The smallest absolute Gasteiger partial charge is 0.220 e. The van der Waals surface area contributed by atoms with Gasteiger partial charge in [-0.3, -0.25) is 4.79 Å². The molecule has 0 radical (unpaired) electrons. The van der Waals surface area contributed by atoms with Crippen molar-refractivity contribution < 1.29 is 4.79 Å². The van der Waals surface area contributed by atoms with Gasteiger partial charge in [-0.15, -0.1) is 11.3 Å². The third-order valence-corrected chi connectivity index (χ3v) is 4.78. The molecule has 3 rings (SSSR count). The molecule has 2 aromatic heterocycles. The Hall–Kier alpha value is -2.47. The zero-order valence-electron chi connectivity index (χ0n) is 14.5. The van der Waals surface area contributed by atoms with Gasteiger partial charge >= 0.3 is 0 Å². The molecule has 0 saturated heterocycles. The molecule has 0 aliphatic carbocycles. The van der Waals surface area contributed by atoms with Crippen molar-refractivity contribution in [3.8, 4) is 5.13 Å².